The van der Waals surface area contributed by atoms with Gasteiger partial charge in [0.25, 0.3) is 0 Å². The minimum Gasteiger partial charge on any atom is -0.322 e. The molecule has 0 unspecified atom stereocenters. The maximum Gasteiger partial charge on any atom is 0.125 e. The van der Waals surface area contributed by atoms with Crippen LogP contribution in [-0.2, 0) is 12.4 Å². The van der Waals surface area contributed by atoms with Crippen molar-refractivity contribution in [3.8, 4) is 0 Å². The Balaban J connectivity index is 2.13. The summed E-state index contributed by atoms with van der Waals surface area (Å²) in [6.07, 6.45) is 0. The van der Waals surface area contributed by atoms with Crippen molar-refractivity contribution in [2.45, 2.75) is 19.3 Å². The Morgan fingerprint density at radius 1 is 1.42 bits per heavy atom. The zero-order chi connectivity index (χ0) is 13.4. The van der Waals surface area contributed by atoms with Gasteiger partial charge in [-0.15, -0.1) is 22.9 Å². The number of aryl methyl sites for hydroxylation is 1. The first-order chi connectivity index (χ1) is 9.19. The lowest BCUT2D eigenvalue weighted by molar-refractivity contribution is 0.783. The number of benzene rings is 1. The highest BCUT2D eigenvalue weighted by Crippen LogP contribution is 2.24. The molecule has 0 spiro atoms. The number of aromatic nitrogens is 3. The molecule has 3 aromatic rings. The molecule has 0 atom stereocenters. The third-order valence-corrected chi connectivity index (χ3v) is 4.71. The molecule has 3 nitrogen and oxygen atoms in total. The number of halogens is 2. The van der Waals surface area contributed by atoms with Crippen LogP contribution in [0.1, 0.15) is 16.4 Å². The molecule has 0 saturated carbocycles. The van der Waals surface area contributed by atoms with E-state index in [9.17, 15) is 0 Å². The Hall–Kier alpha value is -0.910. The van der Waals surface area contributed by atoms with Crippen molar-refractivity contribution >= 4 is 49.9 Å². The van der Waals surface area contributed by atoms with Gasteiger partial charge >= 0.3 is 0 Å². The minimum atomic E-state index is 0.407. The second kappa shape index (κ2) is 5.23. The summed E-state index contributed by atoms with van der Waals surface area (Å²) in [6, 6.07) is 6.11. The topological polar surface area (TPSA) is 30.7 Å². The van der Waals surface area contributed by atoms with Crippen LogP contribution in [0.4, 0.5) is 0 Å². The molecule has 0 saturated heterocycles. The van der Waals surface area contributed by atoms with Gasteiger partial charge in [0, 0.05) is 9.35 Å². The minimum absolute atomic E-state index is 0.407. The number of rotatable bonds is 3. The quantitative estimate of drug-likeness (QED) is 0.653. The number of nitrogens with zero attached hydrogens (tertiary/aromatic N) is 3. The van der Waals surface area contributed by atoms with Gasteiger partial charge in [0.1, 0.15) is 5.82 Å². The number of imidazole rings is 1. The SMILES string of the molecule is Cc1ncsc1Cn1c(CCl)nc2cc(Br)ccc21. The summed E-state index contributed by atoms with van der Waals surface area (Å²) < 4.78 is 3.19. The zero-order valence-corrected chi connectivity index (χ0v) is 13.4. The molecule has 2 aromatic heterocycles. The molecule has 0 aliphatic rings. The molecule has 0 aliphatic heterocycles. The van der Waals surface area contributed by atoms with Crippen molar-refractivity contribution < 1.29 is 0 Å². The van der Waals surface area contributed by atoms with Crippen LogP contribution in [0.3, 0.4) is 0 Å². The van der Waals surface area contributed by atoms with Crippen LogP contribution < -0.4 is 0 Å². The van der Waals surface area contributed by atoms with E-state index in [0.29, 0.717) is 5.88 Å². The summed E-state index contributed by atoms with van der Waals surface area (Å²) in [5.41, 5.74) is 5.02. The molecule has 98 valence electrons. The van der Waals surface area contributed by atoms with Crippen molar-refractivity contribution in [2.75, 3.05) is 0 Å². The first-order valence-electron chi connectivity index (χ1n) is 5.78. The van der Waals surface area contributed by atoms with E-state index >= 15 is 0 Å². The van der Waals surface area contributed by atoms with E-state index in [1.165, 1.54) is 4.88 Å². The number of hydrogen-bond acceptors (Lipinski definition) is 3. The van der Waals surface area contributed by atoms with E-state index in [0.717, 1.165) is 33.6 Å². The Morgan fingerprint density at radius 2 is 2.26 bits per heavy atom. The van der Waals surface area contributed by atoms with Gasteiger partial charge in [0.2, 0.25) is 0 Å². The molecular formula is C13H11BrClN3S. The second-order valence-electron chi connectivity index (χ2n) is 4.24. The molecular weight excluding hydrogens is 346 g/mol. The van der Waals surface area contributed by atoms with E-state index in [1.54, 1.807) is 11.3 Å². The van der Waals surface area contributed by atoms with Gasteiger partial charge in [-0.3, -0.25) is 0 Å². The third-order valence-electron chi connectivity index (χ3n) is 3.06. The average Bonchev–Trinajstić information content (AvgIpc) is 2.94. The number of hydrogen-bond donors (Lipinski definition) is 0. The predicted octanol–water partition coefficient (Wildman–Crippen LogP) is 4.35. The van der Waals surface area contributed by atoms with Gasteiger partial charge in [-0.05, 0) is 25.1 Å². The summed E-state index contributed by atoms with van der Waals surface area (Å²) >= 11 is 11.2. The van der Waals surface area contributed by atoms with Crippen LogP contribution in [0.15, 0.2) is 28.2 Å². The van der Waals surface area contributed by atoms with Crippen molar-refractivity contribution in [3.05, 3.63) is 44.6 Å². The third kappa shape index (κ3) is 2.42. The molecule has 0 fully saturated rings. The van der Waals surface area contributed by atoms with Crippen LogP contribution >= 0.6 is 38.9 Å². The van der Waals surface area contributed by atoms with Crippen molar-refractivity contribution in [1.82, 2.24) is 14.5 Å². The van der Waals surface area contributed by atoms with Crippen molar-refractivity contribution in [2.24, 2.45) is 0 Å². The molecule has 3 rings (SSSR count). The lowest BCUT2D eigenvalue weighted by Crippen LogP contribution is -2.03. The van der Waals surface area contributed by atoms with Crippen molar-refractivity contribution in [3.63, 3.8) is 0 Å². The highest BCUT2D eigenvalue weighted by Gasteiger charge is 2.12. The molecule has 0 N–H and O–H groups in total. The molecule has 2 heterocycles. The van der Waals surface area contributed by atoms with E-state index in [2.05, 4.69) is 36.5 Å². The van der Waals surface area contributed by atoms with E-state index in [-0.39, 0.29) is 0 Å². The smallest absolute Gasteiger partial charge is 0.125 e. The van der Waals surface area contributed by atoms with Crippen molar-refractivity contribution in [1.29, 1.82) is 0 Å². The lowest BCUT2D eigenvalue weighted by Gasteiger charge is -2.06. The summed E-state index contributed by atoms with van der Waals surface area (Å²) in [5, 5.41) is 0. The highest BCUT2D eigenvalue weighted by atomic mass is 79.9. The summed E-state index contributed by atoms with van der Waals surface area (Å²) in [5.74, 6) is 1.30. The fourth-order valence-electron chi connectivity index (χ4n) is 2.05. The number of fused-ring (bicyclic) bond motifs is 1. The monoisotopic (exact) mass is 355 g/mol. The Labute approximate surface area is 128 Å². The van der Waals surface area contributed by atoms with Crippen LogP contribution in [0.2, 0.25) is 0 Å². The van der Waals surface area contributed by atoms with Gasteiger partial charge < -0.3 is 4.57 Å². The molecule has 19 heavy (non-hydrogen) atoms. The molecule has 1 aromatic carbocycles. The fourth-order valence-corrected chi connectivity index (χ4v) is 3.37. The Morgan fingerprint density at radius 3 is 2.95 bits per heavy atom. The van der Waals surface area contributed by atoms with Crippen LogP contribution in [-0.4, -0.2) is 14.5 Å². The molecule has 0 radical (unpaired) electrons. The lowest BCUT2D eigenvalue weighted by atomic mass is 10.3. The number of thiazole rings is 1. The largest absolute Gasteiger partial charge is 0.322 e. The maximum absolute atomic E-state index is 6.02. The summed E-state index contributed by atoms with van der Waals surface area (Å²) in [6.45, 7) is 2.80. The van der Waals surface area contributed by atoms with Gasteiger partial charge in [-0.25, -0.2) is 9.97 Å². The molecule has 0 bridgehead atoms. The predicted molar refractivity (Wildman–Crippen MR) is 82.9 cm³/mol. The van der Waals surface area contributed by atoms with Crippen LogP contribution in [0.25, 0.3) is 11.0 Å². The second-order valence-corrected chi connectivity index (χ2v) is 6.36. The van der Waals surface area contributed by atoms with E-state index in [4.69, 9.17) is 11.6 Å². The first-order valence-corrected chi connectivity index (χ1v) is 7.99. The summed E-state index contributed by atoms with van der Waals surface area (Å²) in [4.78, 5) is 10.1. The molecule has 0 amide bonds. The van der Waals surface area contributed by atoms with E-state index < -0.39 is 0 Å². The van der Waals surface area contributed by atoms with Gasteiger partial charge in [-0.1, -0.05) is 15.9 Å². The standard InChI is InChI=1S/C13H11BrClN3S/c1-8-12(19-7-16-8)6-18-11-3-2-9(14)4-10(11)17-13(18)5-15/h2-4,7H,5-6H2,1H3. The maximum atomic E-state index is 6.02. The normalized spacial score (nSPS) is 11.3. The molecule has 6 heteroatoms. The summed E-state index contributed by atoms with van der Waals surface area (Å²) in [7, 11) is 0. The van der Waals surface area contributed by atoms with Crippen LogP contribution in [0, 0.1) is 6.92 Å². The average molecular weight is 357 g/mol. The Kier molecular flexibility index (Phi) is 3.60. The first kappa shape index (κ1) is 13.1. The zero-order valence-electron chi connectivity index (χ0n) is 10.2. The van der Waals surface area contributed by atoms with Gasteiger partial charge in [0.15, 0.2) is 0 Å². The fraction of sp³-hybridized carbons (Fsp3) is 0.231. The van der Waals surface area contributed by atoms with Crippen LogP contribution in [0.5, 0.6) is 0 Å². The van der Waals surface area contributed by atoms with E-state index in [1.807, 2.05) is 24.6 Å². The highest BCUT2D eigenvalue weighted by molar-refractivity contribution is 9.10. The Bertz CT molecular complexity index is 735. The molecule has 0 aliphatic carbocycles. The van der Waals surface area contributed by atoms with Gasteiger partial charge in [0.05, 0.1) is 34.7 Å². The number of alkyl halides is 1. The van der Waals surface area contributed by atoms with Gasteiger partial charge in [-0.2, -0.15) is 0 Å².